The molecule has 1 aliphatic rings. The molecule has 0 unspecified atom stereocenters. The molecular formula is C18H18N4O4S2. The van der Waals surface area contributed by atoms with Crippen LogP contribution in [0.3, 0.4) is 0 Å². The molecule has 1 fully saturated rings. The molecule has 0 aliphatic carbocycles. The summed E-state index contributed by atoms with van der Waals surface area (Å²) < 4.78 is 27.5. The van der Waals surface area contributed by atoms with Crippen LogP contribution in [0.4, 0.5) is 11.4 Å². The molecular weight excluding hydrogens is 400 g/mol. The van der Waals surface area contributed by atoms with Crippen LogP contribution < -0.4 is 4.90 Å². The van der Waals surface area contributed by atoms with Crippen molar-refractivity contribution in [2.75, 3.05) is 31.1 Å². The predicted molar refractivity (Wildman–Crippen MR) is 108 cm³/mol. The molecule has 0 spiro atoms. The SMILES string of the molecule is Cc1ccc(S(=O)(=O)N2CCN(c3ccc([N+](=O)[O-])c4cccnc34)CC2)s1. The molecule has 1 aliphatic heterocycles. The van der Waals surface area contributed by atoms with Gasteiger partial charge in [-0.05, 0) is 37.3 Å². The van der Waals surface area contributed by atoms with Crippen molar-refractivity contribution in [3.05, 3.63) is 57.6 Å². The standard InChI is InChI=1S/C18H18N4O4S2/c1-13-4-7-17(27-13)28(25,26)21-11-9-20(10-12-21)16-6-5-15(22(23)24)14-3-2-8-19-18(14)16/h2-8H,9-12H2,1H3. The van der Waals surface area contributed by atoms with Crippen LogP contribution in [-0.4, -0.2) is 48.8 Å². The van der Waals surface area contributed by atoms with E-state index in [1.165, 1.54) is 21.7 Å². The van der Waals surface area contributed by atoms with E-state index in [-0.39, 0.29) is 5.69 Å². The lowest BCUT2D eigenvalue weighted by molar-refractivity contribution is -0.383. The maximum atomic E-state index is 12.8. The highest BCUT2D eigenvalue weighted by molar-refractivity contribution is 7.91. The first kappa shape index (κ1) is 18.8. The summed E-state index contributed by atoms with van der Waals surface area (Å²) in [6, 6.07) is 9.99. The van der Waals surface area contributed by atoms with Gasteiger partial charge >= 0.3 is 0 Å². The highest BCUT2D eigenvalue weighted by Crippen LogP contribution is 2.33. The molecule has 0 N–H and O–H groups in total. The number of nitro groups is 1. The molecule has 146 valence electrons. The molecule has 3 heterocycles. The number of hydrogen-bond acceptors (Lipinski definition) is 7. The van der Waals surface area contributed by atoms with Gasteiger partial charge in [0.05, 0.1) is 16.0 Å². The average molecular weight is 419 g/mol. The molecule has 4 rings (SSSR count). The van der Waals surface area contributed by atoms with Crippen LogP contribution in [0.25, 0.3) is 10.9 Å². The molecule has 8 nitrogen and oxygen atoms in total. The lowest BCUT2D eigenvalue weighted by atomic mass is 10.1. The summed E-state index contributed by atoms with van der Waals surface area (Å²) in [4.78, 5) is 18.2. The highest BCUT2D eigenvalue weighted by Gasteiger charge is 2.30. The Balaban J connectivity index is 1.59. The zero-order valence-corrected chi connectivity index (χ0v) is 16.7. The second-order valence-corrected chi connectivity index (χ2v) is 9.97. The summed E-state index contributed by atoms with van der Waals surface area (Å²) in [7, 11) is -3.49. The zero-order chi connectivity index (χ0) is 19.9. The lowest BCUT2D eigenvalue weighted by Crippen LogP contribution is -2.48. The fraction of sp³-hybridized carbons (Fsp3) is 0.278. The molecule has 1 aromatic carbocycles. The Morgan fingerprint density at radius 1 is 1.11 bits per heavy atom. The Hall–Kier alpha value is -2.56. The second kappa shape index (κ2) is 7.12. The molecule has 0 atom stereocenters. The Bertz CT molecular complexity index is 1150. The van der Waals surface area contributed by atoms with Gasteiger partial charge in [-0.3, -0.25) is 15.1 Å². The van der Waals surface area contributed by atoms with Crippen molar-refractivity contribution >= 4 is 43.6 Å². The topological polar surface area (TPSA) is 96.7 Å². The number of anilines is 1. The number of aryl methyl sites for hydroxylation is 1. The van der Waals surface area contributed by atoms with E-state index in [2.05, 4.69) is 4.98 Å². The van der Waals surface area contributed by atoms with Crippen molar-refractivity contribution in [2.24, 2.45) is 0 Å². The van der Waals surface area contributed by atoms with E-state index in [1.807, 2.05) is 17.9 Å². The van der Waals surface area contributed by atoms with Crippen LogP contribution in [0.15, 0.2) is 46.8 Å². The van der Waals surface area contributed by atoms with Gasteiger partial charge in [-0.2, -0.15) is 4.31 Å². The molecule has 2 aromatic heterocycles. The monoisotopic (exact) mass is 418 g/mol. The Morgan fingerprint density at radius 3 is 2.50 bits per heavy atom. The van der Waals surface area contributed by atoms with Crippen molar-refractivity contribution in [3.63, 3.8) is 0 Å². The van der Waals surface area contributed by atoms with Crippen molar-refractivity contribution in [1.29, 1.82) is 0 Å². The van der Waals surface area contributed by atoms with E-state index in [1.54, 1.807) is 30.5 Å². The number of hydrogen-bond donors (Lipinski definition) is 0. The minimum absolute atomic E-state index is 0.0149. The number of sulfonamides is 1. The number of rotatable bonds is 4. The summed E-state index contributed by atoms with van der Waals surface area (Å²) in [6.07, 6.45) is 1.61. The average Bonchev–Trinajstić information content (AvgIpc) is 3.14. The lowest BCUT2D eigenvalue weighted by Gasteiger charge is -2.35. The Kier molecular flexibility index (Phi) is 4.77. The number of thiophene rings is 1. The Morgan fingerprint density at radius 2 is 1.86 bits per heavy atom. The van der Waals surface area contributed by atoms with E-state index < -0.39 is 14.9 Å². The molecule has 3 aromatic rings. The number of pyridine rings is 1. The summed E-state index contributed by atoms with van der Waals surface area (Å²) >= 11 is 1.27. The van der Waals surface area contributed by atoms with Crippen LogP contribution in [0.1, 0.15) is 4.88 Å². The Labute approximate surface area is 166 Å². The third kappa shape index (κ3) is 3.23. The van der Waals surface area contributed by atoms with Gasteiger partial charge in [0.15, 0.2) is 0 Å². The number of nitro benzene ring substituents is 1. The van der Waals surface area contributed by atoms with E-state index in [0.29, 0.717) is 41.3 Å². The third-order valence-electron chi connectivity index (χ3n) is 4.81. The van der Waals surface area contributed by atoms with Crippen LogP contribution in [0.2, 0.25) is 0 Å². The maximum Gasteiger partial charge on any atom is 0.278 e. The number of aromatic nitrogens is 1. The van der Waals surface area contributed by atoms with Crippen LogP contribution >= 0.6 is 11.3 Å². The fourth-order valence-corrected chi connectivity index (χ4v) is 6.26. The maximum absolute atomic E-state index is 12.8. The van der Waals surface area contributed by atoms with Crippen molar-refractivity contribution in [1.82, 2.24) is 9.29 Å². The molecule has 1 saturated heterocycles. The molecule has 10 heteroatoms. The summed E-state index contributed by atoms with van der Waals surface area (Å²) in [5.74, 6) is 0. The largest absolute Gasteiger partial charge is 0.367 e. The first-order chi connectivity index (χ1) is 13.4. The molecule has 0 amide bonds. The third-order valence-corrected chi connectivity index (χ3v) is 8.18. The minimum atomic E-state index is -3.49. The number of nitrogens with zero attached hydrogens (tertiary/aromatic N) is 4. The van der Waals surface area contributed by atoms with Gasteiger partial charge in [-0.15, -0.1) is 11.3 Å². The first-order valence-electron chi connectivity index (χ1n) is 8.71. The molecule has 0 saturated carbocycles. The van der Waals surface area contributed by atoms with Crippen LogP contribution in [0, 0.1) is 17.0 Å². The smallest absolute Gasteiger partial charge is 0.278 e. The van der Waals surface area contributed by atoms with Crippen molar-refractivity contribution in [3.8, 4) is 0 Å². The van der Waals surface area contributed by atoms with Crippen molar-refractivity contribution in [2.45, 2.75) is 11.1 Å². The second-order valence-electron chi connectivity index (χ2n) is 6.52. The van der Waals surface area contributed by atoms with E-state index in [0.717, 1.165) is 10.6 Å². The molecule has 28 heavy (non-hydrogen) atoms. The van der Waals surface area contributed by atoms with Gasteiger partial charge in [0.25, 0.3) is 15.7 Å². The van der Waals surface area contributed by atoms with Gasteiger partial charge < -0.3 is 4.90 Å². The van der Waals surface area contributed by atoms with Gasteiger partial charge in [-0.1, -0.05) is 0 Å². The number of benzene rings is 1. The minimum Gasteiger partial charge on any atom is -0.367 e. The highest BCUT2D eigenvalue weighted by atomic mass is 32.2. The number of non-ortho nitro benzene ring substituents is 1. The summed E-state index contributed by atoms with van der Waals surface area (Å²) in [5.41, 5.74) is 1.35. The number of fused-ring (bicyclic) bond motifs is 1. The quantitative estimate of drug-likeness (QED) is 0.477. The number of piperazine rings is 1. The summed E-state index contributed by atoms with van der Waals surface area (Å²) in [5, 5.41) is 11.8. The summed E-state index contributed by atoms with van der Waals surface area (Å²) in [6.45, 7) is 3.57. The van der Waals surface area contributed by atoms with E-state index in [9.17, 15) is 18.5 Å². The molecule has 0 bridgehead atoms. The van der Waals surface area contributed by atoms with E-state index in [4.69, 9.17) is 0 Å². The van der Waals surface area contributed by atoms with Gasteiger partial charge in [-0.25, -0.2) is 8.42 Å². The predicted octanol–water partition coefficient (Wildman–Crippen LogP) is 3.02. The van der Waals surface area contributed by atoms with Gasteiger partial charge in [0.1, 0.15) is 9.73 Å². The molecule has 0 radical (unpaired) electrons. The zero-order valence-electron chi connectivity index (χ0n) is 15.1. The van der Waals surface area contributed by atoms with E-state index >= 15 is 0 Å². The fourth-order valence-electron chi connectivity index (χ4n) is 3.40. The normalized spacial score (nSPS) is 15.8. The first-order valence-corrected chi connectivity index (χ1v) is 11.0. The van der Waals surface area contributed by atoms with Gasteiger partial charge in [0, 0.05) is 43.3 Å². The van der Waals surface area contributed by atoms with Crippen LogP contribution in [-0.2, 0) is 10.0 Å². The van der Waals surface area contributed by atoms with Crippen LogP contribution in [0.5, 0.6) is 0 Å². The van der Waals surface area contributed by atoms with Gasteiger partial charge in [0.2, 0.25) is 0 Å². The van der Waals surface area contributed by atoms with Crippen molar-refractivity contribution < 1.29 is 13.3 Å².